The van der Waals surface area contributed by atoms with Gasteiger partial charge in [-0.25, -0.2) is 0 Å². The molecular formula is C8H10N2O2. The summed E-state index contributed by atoms with van der Waals surface area (Å²) in [6.07, 6.45) is 3.15. The minimum atomic E-state index is -0.898. The molecule has 0 saturated heterocycles. The summed E-state index contributed by atoms with van der Waals surface area (Å²) >= 11 is 0. The Hall–Kier alpha value is -1.42. The van der Waals surface area contributed by atoms with Crippen LogP contribution in [0.4, 0.5) is 0 Å². The van der Waals surface area contributed by atoms with Gasteiger partial charge in [0, 0.05) is 12.4 Å². The molecule has 4 heteroatoms. The Bertz CT molecular complexity index is 261. The van der Waals surface area contributed by atoms with Gasteiger partial charge < -0.3 is 10.4 Å². The fourth-order valence-electron chi connectivity index (χ4n) is 0.979. The minimum absolute atomic E-state index is 0.660. The van der Waals surface area contributed by atoms with Crippen molar-refractivity contribution >= 4 is 5.97 Å². The fraction of sp³-hybridized carbons (Fsp3) is 0.250. The monoisotopic (exact) mass is 166 g/mol. The zero-order valence-corrected chi connectivity index (χ0v) is 6.69. The molecule has 64 valence electrons. The minimum Gasteiger partial charge on any atom is -0.480 e. The lowest BCUT2D eigenvalue weighted by Gasteiger charge is -2.09. The lowest BCUT2D eigenvalue weighted by Crippen LogP contribution is -2.24. The quantitative estimate of drug-likeness (QED) is 0.683. The van der Waals surface area contributed by atoms with Crippen LogP contribution < -0.4 is 5.32 Å². The van der Waals surface area contributed by atoms with Gasteiger partial charge in [-0.05, 0) is 18.7 Å². The van der Waals surface area contributed by atoms with Crippen LogP contribution in [-0.2, 0) is 4.79 Å². The standard InChI is InChI=1S/C8H10N2O2/c1-9-7(8(11)12)6-3-2-4-10-5-6/h2-5,7,9H,1H3,(H,11,12)/t7-/m0/s1. The predicted octanol–water partition coefficient (Wildman–Crippen LogP) is 0.427. The number of aliphatic carboxylic acids is 1. The van der Waals surface area contributed by atoms with Crippen LogP contribution in [0.3, 0.4) is 0 Å². The molecule has 1 aromatic heterocycles. The van der Waals surface area contributed by atoms with E-state index in [1.165, 1.54) is 6.20 Å². The SMILES string of the molecule is CN[C@H](C(=O)O)c1cccnc1. The van der Waals surface area contributed by atoms with Crippen LogP contribution in [0.1, 0.15) is 11.6 Å². The first-order valence-electron chi connectivity index (χ1n) is 3.55. The third-order valence-corrected chi connectivity index (χ3v) is 1.55. The van der Waals surface area contributed by atoms with Gasteiger partial charge in [0.2, 0.25) is 0 Å². The maximum absolute atomic E-state index is 10.6. The topological polar surface area (TPSA) is 62.2 Å². The van der Waals surface area contributed by atoms with Crippen molar-refractivity contribution in [3.63, 3.8) is 0 Å². The third kappa shape index (κ3) is 1.79. The normalized spacial score (nSPS) is 12.4. The highest BCUT2D eigenvalue weighted by Crippen LogP contribution is 2.09. The van der Waals surface area contributed by atoms with Crippen LogP contribution >= 0.6 is 0 Å². The summed E-state index contributed by atoms with van der Waals surface area (Å²) in [5.74, 6) is -0.898. The van der Waals surface area contributed by atoms with Crippen LogP contribution in [0.25, 0.3) is 0 Å². The Morgan fingerprint density at radius 3 is 2.92 bits per heavy atom. The first kappa shape index (κ1) is 8.67. The molecule has 1 aromatic rings. The summed E-state index contributed by atoms with van der Waals surface area (Å²) in [6, 6.07) is 2.77. The van der Waals surface area contributed by atoms with Gasteiger partial charge in [-0.15, -0.1) is 0 Å². The van der Waals surface area contributed by atoms with Crippen molar-refractivity contribution in [3.05, 3.63) is 30.1 Å². The van der Waals surface area contributed by atoms with E-state index in [1.807, 2.05) is 0 Å². The number of carboxylic acids is 1. The second-order valence-electron chi connectivity index (χ2n) is 2.35. The number of pyridine rings is 1. The highest BCUT2D eigenvalue weighted by Gasteiger charge is 2.16. The molecule has 12 heavy (non-hydrogen) atoms. The number of aromatic nitrogens is 1. The van der Waals surface area contributed by atoms with Gasteiger partial charge in [-0.2, -0.15) is 0 Å². The van der Waals surface area contributed by atoms with E-state index in [0.29, 0.717) is 5.56 Å². The maximum atomic E-state index is 10.6. The summed E-state index contributed by atoms with van der Waals surface area (Å²) in [5.41, 5.74) is 0.660. The van der Waals surface area contributed by atoms with E-state index in [1.54, 1.807) is 25.4 Å². The Balaban J connectivity index is 2.88. The second-order valence-corrected chi connectivity index (χ2v) is 2.35. The van der Waals surface area contributed by atoms with E-state index in [2.05, 4.69) is 10.3 Å². The number of carbonyl (C=O) groups is 1. The first-order chi connectivity index (χ1) is 5.75. The van der Waals surface area contributed by atoms with Crippen LogP contribution in [0, 0.1) is 0 Å². The van der Waals surface area contributed by atoms with Crippen molar-refractivity contribution in [1.82, 2.24) is 10.3 Å². The van der Waals surface area contributed by atoms with Crippen molar-refractivity contribution in [3.8, 4) is 0 Å². The molecule has 0 saturated carbocycles. The molecule has 1 rings (SSSR count). The van der Waals surface area contributed by atoms with Crippen molar-refractivity contribution in [2.24, 2.45) is 0 Å². The first-order valence-corrected chi connectivity index (χ1v) is 3.55. The van der Waals surface area contributed by atoms with Gasteiger partial charge in [-0.3, -0.25) is 9.78 Å². The van der Waals surface area contributed by atoms with E-state index in [0.717, 1.165) is 0 Å². The van der Waals surface area contributed by atoms with Gasteiger partial charge in [0.1, 0.15) is 6.04 Å². The van der Waals surface area contributed by atoms with Crippen molar-refractivity contribution in [2.45, 2.75) is 6.04 Å². The van der Waals surface area contributed by atoms with E-state index < -0.39 is 12.0 Å². The van der Waals surface area contributed by atoms with Crippen molar-refractivity contribution < 1.29 is 9.90 Å². The maximum Gasteiger partial charge on any atom is 0.325 e. The Kier molecular flexibility index (Phi) is 2.76. The van der Waals surface area contributed by atoms with Crippen LogP contribution in [0.2, 0.25) is 0 Å². The number of rotatable bonds is 3. The summed E-state index contributed by atoms with van der Waals surface area (Å²) in [5, 5.41) is 11.4. The van der Waals surface area contributed by atoms with E-state index in [9.17, 15) is 4.79 Å². The molecule has 1 atom stereocenters. The summed E-state index contributed by atoms with van der Waals surface area (Å²) < 4.78 is 0. The van der Waals surface area contributed by atoms with Gasteiger partial charge in [0.05, 0.1) is 0 Å². The van der Waals surface area contributed by atoms with Gasteiger partial charge in [-0.1, -0.05) is 6.07 Å². The molecule has 0 aliphatic heterocycles. The molecule has 0 unspecified atom stereocenters. The third-order valence-electron chi connectivity index (χ3n) is 1.55. The molecule has 0 aliphatic rings. The average molecular weight is 166 g/mol. The van der Waals surface area contributed by atoms with E-state index in [-0.39, 0.29) is 0 Å². The number of hydrogen-bond acceptors (Lipinski definition) is 3. The molecular weight excluding hydrogens is 156 g/mol. The zero-order chi connectivity index (χ0) is 8.97. The van der Waals surface area contributed by atoms with Gasteiger partial charge in [0.25, 0.3) is 0 Å². The molecule has 0 spiro atoms. The molecule has 4 nitrogen and oxygen atoms in total. The van der Waals surface area contributed by atoms with Crippen LogP contribution in [0.15, 0.2) is 24.5 Å². The van der Waals surface area contributed by atoms with E-state index in [4.69, 9.17) is 5.11 Å². The molecule has 0 amide bonds. The number of carboxylic acid groups (broad SMARTS) is 1. The zero-order valence-electron chi connectivity index (χ0n) is 6.69. The lowest BCUT2D eigenvalue weighted by atomic mass is 10.1. The van der Waals surface area contributed by atoms with Crippen LogP contribution in [0.5, 0.6) is 0 Å². The van der Waals surface area contributed by atoms with E-state index >= 15 is 0 Å². The summed E-state index contributed by atoms with van der Waals surface area (Å²) in [6.45, 7) is 0. The molecule has 0 aliphatic carbocycles. The van der Waals surface area contributed by atoms with Gasteiger partial charge in [0.15, 0.2) is 0 Å². The Morgan fingerprint density at radius 2 is 2.50 bits per heavy atom. The highest BCUT2D eigenvalue weighted by molar-refractivity contribution is 5.75. The average Bonchev–Trinajstić information content (AvgIpc) is 2.07. The van der Waals surface area contributed by atoms with Crippen LogP contribution in [-0.4, -0.2) is 23.1 Å². The Labute approximate surface area is 70.3 Å². The molecule has 0 radical (unpaired) electrons. The van der Waals surface area contributed by atoms with Gasteiger partial charge >= 0.3 is 5.97 Å². The number of nitrogens with zero attached hydrogens (tertiary/aromatic N) is 1. The summed E-state index contributed by atoms with van der Waals surface area (Å²) in [7, 11) is 1.60. The number of nitrogens with one attached hydrogen (secondary N) is 1. The number of hydrogen-bond donors (Lipinski definition) is 2. The molecule has 1 heterocycles. The smallest absolute Gasteiger partial charge is 0.325 e. The molecule has 2 N–H and O–H groups in total. The largest absolute Gasteiger partial charge is 0.480 e. The molecule has 0 aromatic carbocycles. The Morgan fingerprint density at radius 1 is 1.75 bits per heavy atom. The fourth-order valence-corrected chi connectivity index (χ4v) is 0.979. The molecule has 0 bridgehead atoms. The lowest BCUT2D eigenvalue weighted by molar-refractivity contribution is -0.139. The predicted molar refractivity (Wildman–Crippen MR) is 43.7 cm³/mol. The van der Waals surface area contributed by atoms with Crippen molar-refractivity contribution in [2.75, 3.05) is 7.05 Å². The summed E-state index contributed by atoms with van der Waals surface area (Å²) in [4.78, 5) is 14.5. The second kappa shape index (κ2) is 3.82. The van der Waals surface area contributed by atoms with Crippen molar-refractivity contribution in [1.29, 1.82) is 0 Å². The highest BCUT2D eigenvalue weighted by atomic mass is 16.4. The number of likely N-dealkylation sites (N-methyl/N-ethyl adjacent to an activating group) is 1. The molecule has 0 fully saturated rings.